The Kier molecular flexibility index (Phi) is 5.45. The fourth-order valence-electron chi connectivity index (χ4n) is 3.53. The molecule has 0 atom stereocenters. The molecule has 4 heterocycles. The molecule has 0 saturated carbocycles. The molecule has 4 aromatic rings. The van der Waals surface area contributed by atoms with Gasteiger partial charge in [-0.1, -0.05) is 23.7 Å². The topological polar surface area (TPSA) is 51.1 Å². The van der Waals surface area contributed by atoms with Crippen LogP contribution in [-0.4, -0.2) is 26.4 Å². The van der Waals surface area contributed by atoms with Crippen molar-refractivity contribution in [3.05, 3.63) is 88.1 Å². The van der Waals surface area contributed by atoms with E-state index in [0.717, 1.165) is 53.8 Å². The lowest BCUT2D eigenvalue weighted by molar-refractivity contribution is 0.239. The zero-order valence-corrected chi connectivity index (χ0v) is 17.7. The van der Waals surface area contributed by atoms with Crippen LogP contribution in [0.2, 0.25) is 5.02 Å². The number of pyridine rings is 1. The zero-order chi connectivity index (χ0) is 20.3. The van der Waals surface area contributed by atoms with Gasteiger partial charge in [0.05, 0.1) is 10.6 Å². The van der Waals surface area contributed by atoms with Crippen LogP contribution < -0.4 is 4.74 Å². The fourth-order valence-corrected chi connectivity index (χ4v) is 4.32. The van der Waals surface area contributed by atoms with Crippen molar-refractivity contribution in [3.8, 4) is 22.3 Å². The molecule has 0 bridgehead atoms. The van der Waals surface area contributed by atoms with Crippen LogP contribution in [0.1, 0.15) is 16.8 Å². The van der Waals surface area contributed by atoms with Crippen LogP contribution >= 0.6 is 22.9 Å². The predicted octanol–water partition coefficient (Wildman–Crippen LogP) is 5.60. The van der Waals surface area contributed by atoms with E-state index >= 15 is 0 Å². The summed E-state index contributed by atoms with van der Waals surface area (Å²) in [6.45, 7) is 2.50. The largest absolute Gasteiger partial charge is 0.439 e. The van der Waals surface area contributed by atoms with Crippen LogP contribution in [0, 0.1) is 0 Å². The van der Waals surface area contributed by atoms with E-state index in [1.165, 1.54) is 5.56 Å². The third-order valence-corrected chi connectivity index (χ3v) is 6.14. The summed E-state index contributed by atoms with van der Waals surface area (Å²) in [5.41, 5.74) is 3.38. The number of nitrogens with zero attached hydrogens (tertiary/aromatic N) is 4. The minimum Gasteiger partial charge on any atom is -0.439 e. The minimum atomic E-state index is 0.620. The Labute approximate surface area is 184 Å². The maximum absolute atomic E-state index is 6.01. The second kappa shape index (κ2) is 8.52. The Bertz CT molecular complexity index is 1150. The highest BCUT2D eigenvalue weighted by Crippen LogP contribution is 2.28. The van der Waals surface area contributed by atoms with Gasteiger partial charge in [0, 0.05) is 54.6 Å². The van der Waals surface area contributed by atoms with E-state index in [9.17, 15) is 0 Å². The van der Waals surface area contributed by atoms with E-state index in [1.54, 1.807) is 17.5 Å². The van der Waals surface area contributed by atoms with E-state index in [2.05, 4.69) is 32.4 Å². The Morgan fingerprint density at radius 3 is 2.80 bits per heavy atom. The van der Waals surface area contributed by atoms with Gasteiger partial charge >= 0.3 is 0 Å². The molecule has 0 fully saturated rings. The molecule has 150 valence electrons. The first-order valence-electron chi connectivity index (χ1n) is 9.73. The summed E-state index contributed by atoms with van der Waals surface area (Å²) >= 11 is 7.64. The third kappa shape index (κ3) is 4.21. The van der Waals surface area contributed by atoms with Crippen molar-refractivity contribution >= 4 is 22.9 Å². The monoisotopic (exact) mass is 434 g/mol. The quantitative estimate of drug-likeness (QED) is 0.409. The summed E-state index contributed by atoms with van der Waals surface area (Å²) in [7, 11) is 0. The maximum atomic E-state index is 6.01. The molecule has 0 radical (unpaired) electrons. The van der Waals surface area contributed by atoms with Crippen LogP contribution in [0.25, 0.3) is 10.7 Å². The molecule has 7 heteroatoms. The molecule has 0 saturated heterocycles. The van der Waals surface area contributed by atoms with Gasteiger partial charge in [0.2, 0.25) is 5.88 Å². The van der Waals surface area contributed by atoms with Crippen LogP contribution in [0.3, 0.4) is 0 Å². The number of benzene rings is 1. The number of halogens is 1. The lowest BCUT2D eigenvalue weighted by atomic mass is 10.1. The highest BCUT2D eigenvalue weighted by molar-refractivity contribution is 7.13. The first kappa shape index (κ1) is 19.2. The van der Waals surface area contributed by atoms with Gasteiger partial charge in [-0.2, -0.15) is 0 Å². The SMILES string of the molecule is Clc1ccc(Oc2ncccc2CN2CCc3nc(-c4cccs4)ncc3C2)cc1. The van der Waals surface area contributed by atoms with Crippen molar-refractivity contribution in [2.24, 2.45) is 0 Å². The number of fused-ring (bicyclic) bond motifs is 1. The molecule has 0 N–H and O–H groups in total. The molecule has 1 aromatic carbocycles. The third-order valence-electron chi connectivity index (χ3n) is 5.03. The number of hydrogen-bond acceptors (Lipinski definition) is 6. The zero-order valence-electron chi connectivity index (χ0n) is 16.2. The molecular weight excluding hydrogens is 416 g/mol. The van der Waals surface area contributed by atoms with Crippen LogP contribution in [0.4, 0.5) is 0 Å². The Balaban J connectivity index is 1.31. The van der Waals surface area contributed by atoms with Gasteiger partial charge in [0.25, 0.3) is 0 Å². The minimum absolute atomic E-state index is 0.620. The molecular formula is C23H19ClN4OS. The molecule has 5 rings (SSSR count). The van der Waals surface area contributed by atoms with Crippen LogP contribution in [0.15, 0.2) is 66.3 Å². The molecule has 3 aromatic heterocycles. The summed E-state index contributed by atoms with van der Waals surface area (Å²) in [6.07, 6.45) is 4.63. The summed E-state index contributed by atoms with van der Waals surface area (Å²) in [5, 5.41) is 2.73. The lowest BCUT2D eigenvalue weighted by Crippen LogP contribution is -2.31. The summed E-state index contributed by atoms with van der Waals surface area (Å²) in [5.74, 6) is 2.16. The highest BCUT2D eigenvalue weighted by Gasteiger charge is 2.20. The van der Waals surface area contributed by atoms with Crippen molar-refractivity contribution < 1.29 is 4.74 Å². The maximum Gasteiger partial charge on any atom is 0.223 e. The first-order chi connectivity index (χ1) is 14.7. The Morgan fingerprint density at radius 2 is 1.97 bits per heavy atom. The Morgan fingerprint density at radius 1 is 1.07 bits per heavy atom. The fraction of sp³-hybridized carbons (Fsp3) is 0.174. The van der Waals surface area contributed by atoms with E-state index in [-0.39, 0.29) is 0 Å². The number of ether oxygens (including phenoxy) is 1. The van der Waals surface area contributed by atoms with Crippen LogP contribution in [0.5, 0.6) is 11.6 Å². The van der Waals surface area contributed by atoms with Crippen molar-refractivity contribution in [1.29, 1.82) is 0 Å². The molecule has 1 aliphatic rings. The molecule has 0 unspecified atom stereocenters. The van der Waals surface area contributed by atoms with Crippen molar-refractivity contribution in [3.63, 3.8) is 0 Å². The van der Waals surface area contributed by atoms with Crippen LogP contribution in [-0.2, 0) is 19.5 Å². The average molecular weight is 435 g/mol. The highest BCUT2D eigenvalue weighted by atomic mass is 35.5. The van der Waals surface area contributed by atoms with Crippen molar-refractivity contribution in [2.75, 3.05) is 6.54 Å². The van der Waals surface area contributed by atoms with Crippen molar-refractivity contribution in [2.45, 2.75) is 19.5 Å². The van der Waals surface area contributed by atoms with Gasteiger partial charge in [0.1, 0.15) is 5.75 Å². The molecule has 0 amide bonds. The van der Waals surface area contributed by atoms with Gasteiger partial charge < -0.3 is 4.74 Å². The second-order valence-electron chi connectivity index (χ2n) is 7.13. The van der Waals surface area contributed by atoms with Gasteiger partial charge in [0.15, 0.2) is 5.82 Å². The summed E-state index contributed by atoms with van der Waals surface area (Å²) in [6, 6.07) is 15.4. The number of aromatic nitrogens is 3. The van der Waals surface area contributed by atoms with Gasteiger partial charge in [-0.15, -0.1) is 11.3 Å². The van der Waals surface area contributed by atoms with E-state index in [0.29, 0.717) is 10.9 Å². The average Bonchev–Trinajstić information content (AvgIpc) is 3.31. The van der Waals surface area contributed by atoms with E-state index < -0.39 is 0 Å². The molecule has 30 heavy (non-hydrogen) atoms. The molecule has 1 aliphatic heterocycles. The van der Waals surface area contributed by atoms with Gasteiger partial charge in [-0.3, -0.25) is 4.90 Å². The number of rotatable bonds is 5. The lowest BCUT2D eigenvalue weighted by Gasteiger charge is -2.28. The smallest absolute Gasteiger partial charge is 0.223 e. The van der Waals surface area contributed by atoms with Gasteiger partial charge in [-0.25, -0.2) is 15.0 Å². The molecule has 0 aliphatic carbocycles. The predicted molar refractivity (Wildman–Crippen MR) is 119 cm³/mol. The number of thiophene rings is 1. The van der Waals surface area contributed by atoms with Crippen molar-refractivity contribution in [1.82, 2.24) is 19.9 Å². The second-order valence-corrected chi connectivity index (χ2v) is 8.51. The molecule has 0 spiro atoms. The van der Waals surface area contributed by atoms with Gasteiger partial charge in [-0.05, 0) is 41.8 Å². The normalized spacial score (nSPS) is 13.8. The first-order valence-corrected chi connectivity index (χ1v) is 11.0. The molecule has 5 nitrogen and oxygen atoms in total. The Hall–Kier alpha value is -2.80. The van der Waals surface area contributed by atoms with E-state index in [4.69, 9.17) is 21.3 Å². The summed E-state index contributed by atoms with van der Waals surface area (Å²) in [4.78, 5) is 17.3. The summed E-state index contributed by atoms with van der Waals surface area (Å²) < 4.78 is 6.01. The standard InChI is InChI=1S/C23H19ClN4OS/c24-18-5-7-19(8-6-18)29-23-16(3-1-10-25-23)14-28-11-9-20-17(15-28)13-26-22(27-20)21-4-2-12-30-21/h1-8,10,12-13H,9,11,14-15H2. The van der Waals surface area contributed by atoms with E-state index in [1.807, 2.05) is 42.6 Å². The number of hydrogen-bond donors (Lipinski definition) is 0.